The summed E-state index contributed by atoms with van der Waals surface area (Å²) in [5.41, 5.74) is 5.86. The minimum absolute atomic E-state index is 0.734. The van der Waals surface area contributed by atoms with Crippen molar-refractivity contribution in [2.75, 3.05) is 23.8 Å². The van der Waals surface area contributed by atoms with Gasteiger partial charge in [-0.25, -0.2) is 4.98 Å². The van der Waals surface area contributed by atoms with E-state index < -0.39 is 0 Å². The van der Waals surface area contributed by atoms with Crippen LogP contribution < -0.4 is 10.2 Å². The second kappa shape index (κ2) is 8.62. The number of nitrogens with zero attached hydrogens (tertiary/aromatic N) is 4. The smallest absolute Gasteiger partial charge is 0.227 e. The van der Waals surface area contributed by atoms with Crippen LogP contribution >= 0.6 is 0 Å². The summed E-state index contributed by atoms with van der Waals surface area (Å²) >= 11 is 0. The first kappa shape index (κ1) is 18.8. The molecule has 1 N–H and O–H groups in total. The zero-order chi connectivity index (χ0) is 19.2. The zero-order valence-electron chi connectivity index (χ0n) is 16.5. The maximum absolute atomic E-state index is 4.75. The van der Waals surface area contributed by atoms with Crippen molar-refractivity contribution in [2.24, 2.45) is 0 Å². The number of pyridine rings is 1. The molecule has 0 saturated heterocycles. The number of nitrogens with one attached hydrogen (secondary N) is 1. The Kier molecular flexibility index (Phi) is 6.01. The van der Waals surface area contributed by atoms with E-state index in [1.165, 1.54) is 16.7 Å². The molecule has 2 heterocycles. The minimum atomic E-state index is 0.734. The Labute approximate surface area is 161 Å². The molecule has 0 fully saturated rings. The number of aryl methyl sites for hydroxylation is 3. The molecule has 0 aliphatic carbocycles. The molecule has 0 aliphatic heterocycles. The summed E-state index contributed by atoms with van der Waals surface area (Å²) in [6.45, 7) is 7.14. The Hall–Kier alpha value is -2.95. The molecule has 2 aromatic heterocycles. The van der Waals surface area contributed by atoms with E-state index in [0.717, 1.165) is 42.5 Å². The van der Waals surface area contributed by atoms with Gasteiger partial charge in [0.15, 0.2) is 0 Å². The standard InChI is InChI=1S/C22H27N5/c1-5-19-8-6-7-16(2)21(19)25-20-15-17(3)24-22(26-20)27(4)14-11-18-9-12-23-13-10-18/h6-10,12-13,15H,5,11,14H2,1-4H3,(H,24,25,26). The summed E-state index contributed by atoms with van der Waals surface area (Å²) in [5, 5.41) is 3.52. The molecule has 140 valence electrons. The topological polar surface area (TPSA) is 53.9 Å². The predicted octanol–water partition coefficient (Wildman–Crippen LogP) is 4.47. The molecule has 0 aliphatic rings. The second-order valence-electron chi connectivity index (χ2n) is 6.81. The summed E-state index contributed by atoms with van der Waals surface area (Å²) < 4.78 is 0. The summed E-state index contributed by atoms with van der Waals surface area (Å²) in [5.74, 6) is 1.57. The van der Waals surface area contributed by atoms with Crippen molar-refractivity contribution < 1.29 is 0 Å². The van der Waals surface area contributed by atoms with Crippen LogP contribution in [-0.2, 0) is 12.8 Å². The average molecular weight is 361 g/mol. The van der Waals surface area contributed by atoms with Crippen LogP contribution in [0.15, 0.2) is 48.8 Å². The van der Waals surface area contributed by atoms with Crippen LogP contribution in [0.5, 0.6) is 0 Å². The fourth-order valence-electron chi connectivity index (χ4n) is 3.06. The van der Waals surface area contributed by atoms with Crippen LogP contribution in [0.25, 0.3) is 0 Å². The average Bonchev–Trinajstić information content (AvgIpc) is 2.68. The van der Waals surface area contributed by atoms with Gasteiger partial charge in [0.25, 0.3) is 0 Å². The van der Waals surface area contributed by atoms with Gasteiger partial charge in [-0.05, 0) is 55.5 Å². The van der Waals surface area contributed by atoms with Crippen molar-refractivity contribution in [1.82, 2.24) is 15.0 Å². The number of aromatic nitrogens is 3. The zero-order valence-corrected chi connectivity index (χ0v) is 16.5. The first-order valence-electron chi connectivity index (χ1n) is 9.38. The molecule has 0 amide bonds. The number of hydrogen-bond donors (Lipinski definition) is 1. The molecule has 27 heavy (non-hydrogen) atoms. The molecule has 5 nitrogen and oxygen atoms in total. The van der Waals surface area contributed by atoms with Gasteiger partial charge in [-0.15, -0.1) is 0 Å². The van der Waals surface area contributed by atoms with Crippen molar-refractivity contribution in [3.63, 3.8) is 0 Å². The van der Waals surface area contributed by atoms with Gasteiger partial charge in [0.1, 0.15) is 5.82 Å². The van der Waals surface area contributed by atoms with Crippen LogP contribution in [0.1, 0.15) is 29.3 Å². The van der Waals surface area contributed by atoms with Crippen molar-refractivity contribution in [3.05, 3.63) is 71.2 Å². The van der Waals surface area contributed by atoms with Crippen LogP contribution in [0, 0.1) is 13.8 Å². The molecule has 0 radical (unpaired) electrons. The van der Waals surface area contributed by atoms with E-state index in [2.05, 4.69) is 52.2 Å². The summed E-state index contributed by atoms with van der Waals surface area (Å²) in [4.78, 5) is 15.5. The Balaban J connectivity index is 1.78. The van der Waals surface area contributed by atoms with E-state index in [1.54, 1.807) is 0 Å². The molecule has 3 aromatic rings. The lowest BCUT2D eigenvalue weighted by Crippen LogP contribution is -2.23. The predicted molar refractivity (Wildman–Crippen MR) is 112 cm³/mol. The fraction of sp³-hybridized carbons (Fsp3) is 0.318. The fourth-order valence-corrected chi connectivity index (χ4v) is 3.06. The molecule has 0 unspecified atom stereocenters. The number of para-hydroxylation sites is 1. The van der Waals surface area contributed by atoms with E-state index in [1.807, 2.05) is 44.6 Å². The summed E-state index contributed by atoms with van der Waals surface area (Å²) in [6, 6.07) is 12.5. The van der Waals surface area contributed by atoms with Crippen LogP contribution in [0.4, 0.5) is 17.5 Å². The van der Waals surface area contributed by atoms with Crippen LogP contribution in [0.3, 0.4) is 0 Å². The van der Waals surface area contributed by atoms with Crippen molar-refractivity contribution >= 4 is 17.5 Å². The highest BCUT2D eigenvalue weighted by molar-refractivity contribution is 5.65. The molecule has 5 heteroatoms. The maximum Gasteiger partial charge on any atom is 0.227 e. The third-order valence-electron chi connectivity index (χ3n) is 4.66. The minimum Gasteiger partial charge on any atom is -0.343 e. The maximum atomic E-state index is 4.75. The Morgan fingerprint density at radius 2 is 1.81 bits per heavy atom. The van der Waals surface area contributed by atoms with E-state index in [9.17, 15) is 0 Å². The first-order chi connectivity index (χ1) is 13.1. The molecule has 0 saturated carbocycles. The largest absolute Gasteiger partial charge is 0.343 e. The quantitative estimate of drug-likeness (QED) is 0.673. The lowest BCUT2D eigenvalue weighted by molar-refractivity contribution is 0.833. The Morgan fingerprint density at radius 3 is 2.56 bits per heavy atom. The third kappa shape index (κ3) is 4.82. The van der Waals surface area contributed by atoms with Gasteiger partial charge in [-0.1, -0.05) is 25.1 Å². The highest BCUT2D eigenvalue weighted by Gasteiger charge is 2.10. The van der Waals surface area contributed by atoms with Gasteiger partial charge in [0.05, 0.1) is 0 Å². The number of benzene rings is 1. The lowest BCUT2D eigenvalue weighted by atomic mass is 10.1. The summed E-state index contributed by atoms with van der Waals surface area (Å²) in [7, 11) is 2.03. The van der Waals surface area contributed by atoms with Crippen LogP contribution in [-0.4, -0.2) is 28.5 Å². The lowest BCUT2D eigenvalue weighted by Gasteiger charge is -2.19. The van der Waals surface area contributed by atoms with Gasteiger partial charge in [0.2, 0.25) is 5.95 Å². The number of rotatable bonds is 7. The highest BCUT2D eigenvalue weighted by Crippen LogP contribution is 2.25. The number of anilines is 3. The van der Waals surface area contributed by atoms with E-state index in [-0.39, 0.29) is 0 Å². The van der Waals surface area contributed by atoms with Gasteiger partial charge in [-0.3, -0.25) is 4.98 Å². The summed E-state index contributed by atoms with van der Waals surface area (Å²) in [6.07, 6.45) is 5.56. The normalized spacial score (nSPS) is 10.7. The Bertz CT molecular complexity index is 892. The van der Waals surface area contributed by atoms with Gasteiger partial charge in [-0.2, -0.15) is 4.98 Å². The molecule has 0 atom stereocenters. The van der Waals surface area contributed by atoms with Gasteiger partial charge in [0, 0.05) is 43.4 Å². The van der Waals surface area contributed by atoms with E-state index in [4.69, 9.17) is 4.98 Å². The second-order valence-corrected chi connectivity index (χ2v) is 6.81. The monoisotopic (exact) mass is 361 g/mol. The van der Waals surface area contributed by atoms with Gasteiger partial charge < -0.3 is 10.2 Å². The van der Waals surface area contributed by atoms with E-state index in [0.29, 0.717) is 0 Å². The molecule has 1 aromatic carbocycles. The first-order valence-corrected chi connectivity index (χ1v) is 9.38. The van der Waals surface area contributed by atoms with Crippen molar-refractivity contribution in [1.29, 1.82) is 0 Å². The molecule has 0 bridgehead atoms. The molecular weight excluding hydrogens is 334 g/mol. The van der Waals surface area contributed by atoms with Crippen molar-refractivity contribution in [2.45, 2.75) is 33.6 Å². The Morgan fingerprint density at radius 1 is 1.04 bits per heavy atom. The van der Waals surface area contributed by atoms with Crippen molar-refractivity contribution in [3.8, 4) is 0 Å². The number of likely N-dealkylation sites (N-methyl/N-ethyl adjacent to an activating group) is 1. The van der Waals surface area contributed by atoms with E-state index >= 15 is 0 Å². The highest BCUT2D eigenvalue weighted by atomic mass is 15.2. The third-order valence-corrected chi connectivity index (χ3v) is 4.66. The molecule has 0 spiro atoms. The van der Waals surface area contributed by atoms with Crippen LogP contribution in [0.2, 0.25) is 0 Å². The molecule has 3 rings (SSSR count). The van der Waals surface area contributed by atoms with Gasteiger partial charge >= 0.3 is 0 Å². The molecular formula is C22H27N5. The number of hydrogen-bond acceptors (Lipinski definition) is 5. The SMILES string of the molecule is CCc1cccc(C)c1Nc1cc(C)nc(N(C)CCc2ccncc2)n1.